The highest BCUT2D eigenvalue weighted by molar-refractivity contribution is 14.1. The standard InChI is InChI=1S/C21H18IN3O2/c1-12-8-13(2)20(14(3)9-12)27-17-10-18(25-21(26)19(17)22)24-16-6-4-15(11-23)5-7-16/h4-10,19H,1-3H3,(H,24,25,26). The number of nitriles is 1. The fourth-order valence-corrected chi connectivity index (χ4v) is 3.36. The number of alkyl halides is 1. The Bertz CT molecular complexity index is 978. The number of halogens is 1. The molecule has 27 heavy (non-hydrogen) atoms. The lowest BCUT2D eigenvalue weighted by atomic mass is 10.1. The maximum absolute atomic E-state index is 12.4. The van der Waals surface area contributed by atoms with Crippen molar-refractivity contribution in [1.29, 1.82) is 5.26 Å². The van der Waals surface area contributed by atoms with Crippen molar-refractivity contribution in [3.63, 3.8) is 0 Å². The van der Waals surface area contributed by atoms with Crippen LogP contribution in [-0.2, 0) is 4.79 Å². The summed E-state index contributed by atoms with van der Waals surface area (Å²) in [4.78, 5) is 16.8. The lowest BCUT2D eigenvalue weighted by Crippen LogP contribution is -2.41. The minimum atomic E-state index is -0.442. The minimum Gasteiger partial charge on any atom is -0.459 e. The molecule has 0 aromatic heterocycles. The molecule has 1 aliphatic rings. The number of nitrogens with zero attached hydrogens (tertiary/aromatic N) is 2. The van der Waals surface area contributed by atoms with Crippen LogP contribution in [-0.4, -0.2) is 15.7 Å². The predicted octanol–water partition coefficient (Wildman–Crippen LogP) is 4.41. The van der Waals surface area contributed by atoms with E-state index in [9.17, 15) is 4.79 Å². The molecule has 0 aliphatic carbocycles. The molecule has 1 aliphatic heterocycles. The molecule has 1 atom stereocenters. The van der Waals surface area contributed by atoms with Gasteiger partial charge in [-0.3, -0.25) is 4.79 Å². The summed E-state index contributed by atoms with van der Waals surface area (Å²) in [5.41, 5.74) is 4.42. The van der Waals surface area contributed by atoms with Crippen molar-refractivity contribution in [3.05, 3.63) is 70.5 Å². The third-order valence-corrected chi connectivity index (χ3v) is 5.26. The molecule has 2 aromatic carbocycles. The second-order valence-electron chi connectivity index (χ2n) is 6.38. The van der Waals surface area contributed by atoms with Gasteiger partial charge in [-0.05, 0) is 56.2 Å². The van der Waals surface area contributed by atoms with Crippen molar-refractivity contribution in [3.8, 4) is 11.8 Å². The van der Waals surface area contributed by atoms with Crippen LogP contribution in [0.15, 0.2) is 53.2 Å². The Balaban J connectivity index is 1.94. The van der Waals surface area contributed by atoms with Gasteiger partial charge in [-0.15, -0.1) is 0 Å². The van der Waals surface area contributed by atoms with Crippen molar-refractivity contribution >= 4 is 40.0 Å². The van der Waals surface area contributed by atoms with E-state index in [1.807, 2.05) is 20.8 Å². The third kappa shape index (κ3) is 4.37. The van der Waals surface area contributed by atoms with Gasteiger partial charge in [0, 0.05) is 6.08 Å². The van der Waals surface area contributed by atoms with E-state index in [4.69, 9.17) is 10.00 Å². The van der Waals surface area contributed by atoms with Gasteiger partial charge in [0.1, 0.15) is 21.3 Å². The average Bonchev–Trinajstić information content (AvgIpc) is 2.62. The summed E-state index contributed by atoms with van der Waals surface area (Å²) in [5.74, 6) is 1.54. The van der Waals surface area contributed by atoms with Crippen molar-refractivity contribution < 1.29 is 9.53 Å². The van der Waals surface area contributed by atoms with Crippen LogP contribution in [0.2, 0.25) is 0 Å². The summed E-state index contributed by atoms with van der Waals surface area (Å²) in [5, 5.41) is 11.7. The Hall–Kier alpha value is -2.66. The quantitative estimate of drug-likeness (QED) is 0.533. The van der Waals surface area contributed by atoms with Crippen LogP contribution in [0.3, 0.4) is 0 Å². The van der Waals surface area contributed by atoms with E-state index in [1.54, 1.807) is 30.3 Å². The molecule has 1 N–H and O–H groups in total. The molecule has 0 radical (unpaired) electrons. The molecule has 3 rings (SSSR count). The highest BCUT2D eigenvalue weighted by Gasteiger charge is 2.28. The van der Waals surface area contributed by atoms with Crippen molar-refractivity contribution in [2.24, 2.45) is 4.99 Å². The van der Waals surface area contributed by atoms with Crippen LogP contribution < -0.4 is 10.1 Å². The molecular formula is C21H18IN3O2. The third-order valence-electron chi connectivity index (χ3n) is 4.08. The number of ether oxygens (including phenoxy) is 1. The summed E-state index contributed by atoms with van der Waals surface area (Å²) >= 11 is 2.06. The number of carbonyl (C=O) groups excluding carboxylic acids is 1. The Morgan fingerprint density at radius 3 is 2.37 bits per heavy atom. The molecule has 0 saturated heterocycles. The Kier molecular flexibility index (Phi) is 5.61. The second kappa shape index (κ2) is 7.92. The van der Waals surface area contributed by atoms with E-state index in [-0.39, 0.29) is 5.91 Å². The number of hydrogen-bond donors (Lipinski definition) is 1. The van der Waals surface area contributed by atoms with Crippen LogP contribution in [0.4, 0.5) is 5.69 Å². The number of aryl methyl sites for hydroxylation is 3. The van der Waals surface area contributed by atoms with Gasteiger partial charge in [-0.25, -0.2) is 4.99 Å². The normalized spacial score (nSPS) is 17.9. The molecule has 5 nitrogen and oxygen atoms in total. The van der Waals surface area contributed by atoms with Gasteiger partial charge in [0.2, 0.25) is 5.91 Å². The number of carbonyl (C=O) groups is 1. The SMILES string of the molecule is Cc1cc(C)c(OC2=CC(=Nc3ccc(C#N)cc3)NC(=O)C2I)c(C)c1. The lowest BCUT2D eigenvalue weighted by molar-refractivity contribution is -0.118. The van der Waals surface area contributed by atoms with E-state index in [1.165, 1.54) is 5.56 Å². The molecule has 0 saturated carbocycles. The molecule has 0 bridgehead atoms. The summed E-state index contributed by atoms with van der Waals surface area (Å²) < 4.78 is 5.69. The zero-order valence-electron chi connectivity index (χ0n) is 15.2. The highest BCUT2D eigenvalue weighted by Crippen LogP contribution is 2.29. The first-order valence-electron chi connectivity index (χ1n) is 8.38. The second-order valence-corrected chi connectivity index (χ2v) is 7.63. The molecule has 2 aromatic rings. The maximum Gasteiger partial charge on any atom is 0.246 e. The van der Waals surface area contributed by atoms with Crippen molar-refractivity contribution in [1.82, 2.24) is 5.32 Å². The van der Waals surface area contributed by atoms with Crippen molar-refractivity contribution in [2.45, 2.75) is 24.7 Å². The van der Waals surface area contributed by atoms with Crippen LogP contribution in [0.5, 0.6) is 5.75 Å². The summed E-state index contributed by atoms with van der Waals surface area (Å²) in [6.07, 6.45) is 1.75. The van der Waals surface area contributed by atoms with Gasteiger partial charge in [0.15, 0.2) is 0 Å². The van der Waals surface area contributed by atoms with E-state index in [0.29, 0.717) is 22.8 Å². The molecular weight excluding hydrogens is 453 g/mol. The number of nitrogens with one attached hydrogen (secondary N) is 1. The average molecular weight is 471 g/mol. The molecule has 1 heterocycles. The molecule has 1 unspecified atom stereocenters. The Labute approximate surface area is 171 Å². The first-order valence-corrected chi connectivity index (χ1v) is 9.63. The monoisotopic (exact) mass is 471 g/mol. The summed E-state index contributed by atoms with van der Waals surface area (Å²) in [7, 11) is 0. The number of benzene rings is 2. The van der Waals surface area contributed by atoms with E-state index in [2.05, 4.69) is 51.1 Å². The summed E-state index contributed by atoms with van der Waals surface area (Å²) in [6.45, 7) is 6.03. The topological polar surface area (TPSA) is 74.5 Å². The van der Waals surface area contributed by atoms with Gasteiger partial charge < -0.3 is 10.1 Å². The number of amides is 1. The van der Waals surface area contributed by atoms with Crippen LogP contribution in [0.1, 0.15) is 22.3 Å². The maximum atomic E-state index is 12.4. The van der Waals surface area contributed by atoms with Gasteiger partial charge in [-0.1, -0.05) is 40.3 Å². The Morgan fingerprint density at radius 2 is 1.78 bits per heavy atom. The van der Waals surface area contributed by atoms with Gasteiger partial charge in [0.05, 0.1) is 17.3 Å². The molecule has 0 fully saturated rings. The number of amidine groups is 1. The zero-order chi connectivity index (χ0) is 19.6. The molecule has 1 amide bonds. The predicted molar refractivity (Wildman–Crippen MR) is 114 cm³/mol. The van der Waals surface area contributed by atoms with E-state index >= 15 is 0 Å². The van der Waals surface area contributed by atoms with Crippen molar-refractivity contribution in [2.75, 3.05) is 0 Å². The zero-order valence-corrected chi connectivity index (χ0v) is 17.4. The molecule has 6 heteroatoms. The van der Waals surface area contributed by atoms with Gasteiger partial charge >= 0.3 is 0 Å². The fourth-order valence-electron chi connectivity index (χ4n) is 2.90. The van der Waals surface area contributed by atoms with Gasteiger partial charge in [0.25, 0.3) is 0 Å². The first kappa shape index (κ1) is 19.1. The molecule has 136 valence electrons. The van der Waals surface area contributed by atoms with E-state index < -0.39 is 3.92 Å². The van der Waals surface area contributed by atoms with E-state index in [0.717, 1.165) is 16.9 Å². The smallest absolute Gasteiger partial charge is 0.246 e. The minimum absolute atomic E-state index is 0.178. The number of aliphatic imine (C=N–C) groups is 1. The first-order chi connectivity index (χ1) is 12.9. The van der Waals surface area contributed by atoms with Crippen LogP contribution >= 0.6 is 22.6 Å². The summed E-state index contributed by atoms with van der Waals surface area (Å²) in [6, 6.07) is 13.0. The van der Waals surface area contributed by atoms with Crippen LogP contribution in [0, 0.1) is 32.1 Å². The number of rotatable bonds is 3. The largest absolute Gasteiger partial charge is 0.459 e. The van der Waals surface area contributed by atoms with Gasteiger partial charge in [-0.2, -0.15) is 5.26 Å². The number of hydrogen-bond acceptors (Lipinski definition) is 4. The Morgan fingerprint density at radius 1 is 1.15 bits per heavy atom. The molecule has 0 spiro atoms. The van der Waals surface area contributed by atoms with Crippen LogP contribution in [0.25, 0.3) is 0 Å². The highest BCUT2D eigenvalue weighted by atomic mass is 127. The lowest BCUT2D eigenvalue weighted by Gasteiger charge is -2.22. The fraction of sp³-hybridized carbons (Fsp3) is 0.190.